The number of amides is 2. The number of nitrogens with one attached hydrogen (secondary N) is 1. The zero-order valence-electron chi connectivity index (χ0n) is 16.1. The average molecular weight is 383 g/mol. The van der Waals surface area contributed by atoms with E-state index in [1.54, 1.807) is 11.8 Å². The molecule has 1 N–H and O–H groups in total. The lowest BCUT2D eigenvalue weighted by Crippen LogP contribution is -2.45. The Morgan fingerprint density at radius 2 is 2.11 bits per heavy atom. The number of carbonyl (C=O) groups is 2. The van der Waals surface area contributed by atoms with Crippen molar-refractivity contribution in [3.63, 3.8) is 0 Å². The number of hydrogen-bond donors (Lipinski definition) is 1. The minimum Gasteiger partial charge on any atom is -0.479 e. The third kappa shape index (κ3) is 3.72. The van der Waals surface area contributed by atoms with Crippen LogP contribution in [0.3, 0.4) is 0 Å². The number of para-hydroxylation sites is 2. The maximum Gasteiger partial charge on any atom is 0.267 e. The van der Waals surface area contributed by atoms with Gasteiger partial charge in [0.2, 0.25) is 5.91 Å². The van der Waals surface area contributed by atoms with Crippen LogP contribution in [0, 0.1) is 0 Å². The lowest BCUT2D eigenvalue weighted by atomic mass is 10.1. The van der Waals surface area contributed by atoms with Crippen molar-refractivity contribution in [1.29, 1.82) is 0 Å². The molecule has 148 valence electrons. The Morgan fingerprint density at radius 3 is 3.00 bits per heavy atom. The normalized spacial score (nSPS) is 18.7. The summed E-state index contributed by atoms with van der Waals surface area (Å²) in [6.45, 7) is 3.30. The molecule has 0 saturated heterocycles. The van der Waals surface area contributed by atoms with Crippen LogP contribution in [0.4, 0.5) is 5.69 Å². The molecule has 3 heterocycles. The number of anilines is 1. The van der Waals surface area contributed by atoms with Crippen LogP contribution in [0.5, 0.6) is 5.75 Å². The van der Waals surface area contributed by atoms with E-state index in [9.17, 15) is 9.59 Å². The molecule has 28 heavy (non-hydrogen) atoms. The molecule has 2 aliphatic heterocycles. The first-order chi connectivity index (χ1) is 13.6. The fraction of sp³-hybridized carbons (Fsp3) is 0.500. The Labute approximate surface area is 163 Å². The van der Waals surface area contributed by atoms with Crippen molar-refractivity contribution in [2.45, 2.75) is 58.2 Å². The Morgan fingerprint density at radius 1 is 1.25 bits per heavy atom. The van der Waals surface area contributed by atoms with Crippen LogP contribution in [0.1, 0.15) is 44.3 Å². The van der Waals surface area contributed by atoms with Crippen molar-refractivity contribution in [1.82, 2.24) is 20.1 Å². The van der Waals surface area contributed by atoms with Gasteiger partial charge in [0.05, 0.1) is 12.2 Å². The molecule has 4 rings (SSSR count). The second-order valence-electron chi connectivity index (χ2n) is 7.24. The molecule has 1 aromatic carbocycles. The van der Waals surface area contributed by atoms with E-state index in [-0.39, 0.29) is 18.2 Å². The summed E-state index contributed by atoms with van der Waals surface area (Å²) in [6.07, 6.45) is 4.05. The second kappa shape index (κ2) is 8.00. The zero-order valence-corrected chi connectivity index (χ0v) is 16.1. The van der Waals surface area contributed by atoms with Crippen molar-refractivity contribution >= 4 is 17.5 Å². The van der Waals surface area contributed by atoms with E-state index in [4.69, 9.17) is 4.74 Å². The van der Waals surface area contributed by atoms with Crippen LogP contribution in [-0.2, 0) is 29.1 Å². The number of aryl methyl sites for hydroxylation is 1. The standard InChI is InChI=1S/C20H25N5O3/c1-14-20(27)24(15-7-4-5-8-16(15)28-14)12-10-19(26)21-13-18-23-22-17-9-3-2-6-11-25(17)18/h4-5,7-8,14H,2-3,6,9-13H2,1H3,(H,21,26). The SMILES string of the molecule is CC1Oc2ccccc2N(CCC(=O)NCc2nnc3n2CCCCC3)C1=O. The fourth-order valence-electron chi connectivity index (χ4n) is 3.74. The van der Waals surface area contributed by atoms with Crippen molar-refractivity contribution in [3.8, 4) is 5.75 Å². The third-order valence-corrected chi connectivity index (χ3v) is 5.27. The van der Waals surface area contributed by atoms with Gasteiger partial charge >= 0.3 is 0 Å². The summed E-state index contributed by atoms with van der Waals surface area (Å²) in [5.74, 6) is 2.23. The topological polar surface area (TPSA) is 89.3 Å². The van der Waals surface area contributed by atoms with Gasteiger partial charge < -0.3 is 19.5 Å². The van der Waals surface area contributed by atoms with E-state index in [1.165, 1.54) is 6.42 Å². The smallest absolute Gasteiger partial charge is 0.267 e. The van der Waals surface area contributed by atoms with Crippen LogP contribution in [-0.4, -0.2) is 39.2 Å². The summed E-state index contributed by atoms with van der Waals surface area (Å²) < 4.78 is 7.75. The summed E-state index contributed by atoms with van der Waals surface area (Å²) in [5, 5.41) is 11.4. The summed E-state index contributed by atoms with van der Waals surface area (Å²) in [4.78, 5) is 26.5. The van der Waals surface area contributed by atoms with Gasteiger partial charge in [-0.05, 0) is 31.9 Å². The van der Waals surface area contributed by atoms with Gasteiger partial charge in [-0.2, -0.15) is 0 Å². The quantitative estimate of drug-likeness (QED) is 0.851. The second-order valence-corrected chi connectivity index (χ2v) is 7.24. The number of fused-ring (bicyclic) bond motifs is 2. The number of aromatic nitrogens is 3. The molecule has 1 unspecified atom stereocenters. The van der Waals surface area contributed by atoms with E-state index in [0.29, 0.717) is 24.5 Å². The summed E-state index contributed by atoms with van der Waals surface area (Å²) in [6, 6.07) is 7.40. The maximum atomic E-state index is 12.5. The number of benzene rings is 1. The highest BCUT2D eigenvalue weighted by molar-refractivity contribution is 6.00. The molecule has 2 amide bonds. The lowest BCUT2D eigenvalue weighted by molar-refractivity contribution is -0.125. The molecule has 0 spiro atoms. The van der Waals surface area contributed by atoms with Crippen LogP contribution in [0.15, 0.2) is 24.3 Å². The molecular formula is C20H25N5O3. The zero-order chi connectivity index (χ0) is 19.5. The predicted octanol–water partition coefficient (Wildman–Crippen LogP) is 1.82. The molecule has 2 aliphatic rings. The summed E-state index contributed by atoms with van der Waals surface area (Å²) in [5.41, 5.74) is 0.709. The van der Waals surface area contributed by atoms with E-state index < -0.39 is 6.10 Å². The Bertz CT molecular complexity index is 878. The van der Waals surface area contributed by atoms with Crippen molar-refractivity contribution < 1.29 is 14.3 Å². The minimum atomic E-state index is -0.551. The van der Waals surface area contributed by atoms with Crippen molar-refractivity contribution in [3.05, 3.63) is 35.9 Å². The first-order valence-corrected chi connectivity index (χ1v) is 9.88. The summed E-state index contributed by atoms with van der Waals surface area (Å²) >= 11 is 0. The monoisotopic (exact) mass is 383 g/mol. The Hall–Kier alpha value is -2.90. The van der Waals surface area contributed by atoms with E-state index in [1.807, 2.05) is 24.3 Å². The van der Waals surface area contributed by atoms with Gasteiger partial charge in [-0.25, -0.2) is 0 Å². The van der Waals surface area contributed by atoms with Gasteiger partial charge in [0.1, 0.15) is 11.6 Å². The van der Waals surface area contributed by atoms with Crippen LogP contribution >= 0.6 is 0 Å². The molecule has 0 aliphatic carbocycles. The van der Waals surface area contributed by atoms with E-state index in [0.717, 1.165) is 37.5 Å². The molecular weight excluding hydrogens is 358 g/mol. The van der Waals surface area contributed by atoms with Gasteiger partial charge in [0.25, 0.3) is 5.91 Å². The van der Waals surface area contributed by atoms with E-state index in [2.05, 4.69) is 20.1 Å². The molecule has 0 fully saturated rings. The number of carbonyl (C=O) groups excluding carboxylic acids is 2. The molecule has 0 bridgehead atoms. The average Bonchev–Trinajstić information content (AvgIpc) is 2.92. The minimum absolute atomic E-state index is 0.115. The lowest BCUT2D eigenvalue weighted by Gasteiger charge is -2.32. The largest absolute Gasteiger partial charge is 0.479 e. The van der Waals surface area contributed by atoms with Crippen LogP contribution in [0.2, 0.25) is 0 Å². The Kier molecular flexibility index (Phi) is 5.27. The molecule has 0 radical (unpaired) electrons. The maximum absolute atomic E-state index is 12.5. The van der Waals surface area contributed by atoms with Gasteiger partial charge in [0.15, 0.2) is 11.9 Å². The van der Waals surface area contributed by atoms with Crippen LogP contribution in [0.25, 0.3) is 0 Å². The highest BCUT2D eigenvalue weighted by Crippen LogP contribution is 2.33. The highest BCUT2D eigenvalue weighted by Gasteiger charge is 2.31. The first-order valence-electron chi connectivity index (χ1n) is 9.88. The molecule has 0 saturated carbocycles. The van der Waals surface area contributed by atoms with Gasteiger partial charge in [-0.1, -0.05) is 18.6 Å². The van der Waals surface area contributed by atoms with Gasteiger partial charge in [-0.15, -0.1) is 10.2 Å². The van der Waals surface area contributed by atoms with Gasteiger partial charge in [-0.3, -0.25) is 9.59 Å². The molecule has 1 aromatic heterocycles. The molecule has 2 aromatic rings. The third-order valence-electron chi connectivity index (χ3n) is 5.27. The molecule has 8 nitrogen and oxygen atoms in total. The van der Waals surface area contributed by atoms with Crippen LogP contribution < -0.4 is 15.0 Å². The number of ether oxygens (including phenoxy) is 1. The van der Waals surface area contributed by atoms with Gasteiger partial charge in [0, 0.05) is 25.9 Å². The predicted molar refractivity (Wildman–Crippen MR) is 103 cm³/mol. The molecule has 8 heteroatoms. The fourth-order valence-corrected chi connectivity index (χ4v) is 3.74. The number of rotatable bonds is 5. The van der Waals surface area contributed by atoms with E-state index >= 15 is 0 Å². The first kappa shape index (κ1) is 18.5. The molecule has 1 atom stereocenters. The number of hydrogen-bond acceptors (Lipinski definition) is 5. The van der Waals surface area contributed by atoms with Crippen molar-refractivity contribution in [2.75, 3.05) is 11.4 Å². The highest BCUT2D eigenvalue weighted by atomic mass is 16.5. The Balaban J connectivity index is 1.35. The van der Waals surface area contributed by atoms with Crippen molar-refractivity contribution in [2.24, 2.45) is 0 Å². The number of nitrogens with zero attached hydrogens (tertiary/aromatic N) is 4. The summed E-state index contributed by atoms with van der Waals surface area (Å²) in [7, 11) is 0.